The number of nitrogens with zero attached hydrogens (tertiary/aromatic N) is 1. The Balaban J connectivity index is 1.82. The second-order valence-electron chi connectivity index (χ2n) is 6.55. The lowest BCUT2D eigenvalue weighted by Crippen LogP contribution is -2.13. The molecule has 0 heterocycles. The zero-order valence-electron chi connectivity index (χ0n) is 16.9. The van der Waals surface area contributed by atoms with Crippen molar-refractivity contribution in [2.24, 2.45) is 0 Å². The van der Waals surface area contributed by atoms with Crippen LogP contribution in [0.25, 0.3) is 6.08 Å². The van der Waals surface area contributed by atoms with Crippen LogP contribution in [0, 0.1) is 26.5 Å². The summed E-state index contributed by atoms with van der Waals surface area (Å²) in [6.07, 6.45) is 1.41. The summed E-state index contributed by atoms with van der Waals surface area (Å²) in [5.74, 6) is -0.642. The molecule has 0 aliphatic carbocycles. The molecule has 0 bridgehead atoms. The van der Waals surface area contributed by atoms with E-state index in [-0.39, 0.29) is 18.0 Å². The maximum Gasteiger partial charge on any atom is 0.266 e. The molecule has 1 N–H and O–H groups in total. The van der Waals surface area contributed by atoms with Gasteiger partial charge in [-0.1, -0.05) is 18.2 Å². The summed E-state index contributed by atoms with van der Waals surface area (Å²) < 4.78 is 38.7. The van der Waals surface area contributed by atoms with E-state index in [1.165, 1.54) is 43.5 Å². The van der Waals surface area contributed by atoms with Gasteiger partial charge in [-0.3, -0.25) is 4.79 Å². The number of carbonyl (C=O) groups excluding carboxylic acids is 1. The minimum atomic E-state index is -0.632. The maximum absolute atomic E-state index is 13.9. The smallest absolute Gasteiger partial charge is 0.266 e. The van der Waals surface area contributed by atoms with E-state index in [9.17, 15) is 18.8 Å². The molecule has 162 valence electrons. The minimum Gasteiger partial charge on any atom is -0.493 e. The molecule has 0 aliphatic rings. The van der Waals surface area contributed by atoms with Crippen LogP contribution >= 0.6 is 22.6 Å². The highest BCUT2D eigenvalue weighted by Crippen LogP contribution is 2.35. The fourth-order valence-corrected chi connectivity index (χ4v) is 3.56. The van der Waals surface area contributed by atoms with Gasteiger partial charge in [0.05, 0.1) is 10.7 Å². The zero-order valence-corrected chi connectivity index (χ0v) is 19.0. The highest BCUT2D eigenvalue weighted by Gasteiger charge is 2.15. The number of rotatable bonds is 7. The molecular weight excluding hydrogens is 529 g/mol. The number of carbonyl (C=O) groups is 1. The number of hydrogen-bond donors (Lipinski definition) is 1. The van der Waals surface area contributed by atoms with E-state index in [1.54, 1.807) is 30.3 Å². The van der Waals surface area contributed by atoms with Gasteiger partial charge in [-0.2, -0.15) is 5.26 Å². The number of hydrogen-bond acceptors (Lipinski definition) is 4. The Morgan fingerprint density at radius 3 is 2.53 bits per heavy atom. The van der Waals surface area contributed by atoms with E-state index in [0.717, 1.165) is 0 Å². The van der Waals surface area contributed by atoms with Crippen LogP contribution in [-0.2, 0) is 11.4 Å². The first kappa shape index (κ1) is 23.2. The Labute approximate surface area is 197 Å². The van der Waals surface area contributed by atoms with E-state index >= 15 is 0 Å². The van der Waals surface area contributed by atoms with Crippen molar-refractivity contribution in [1.82, 2.24) is 0 Å². The molecule has 0 aliphatic heterocycles. The van der Waals surface area contributed by atoms with Gasteiger partial charge in [-0.25, -0.2) is 8.78 Å². The summed E-state index contributed by atoms with van der Waals surface area (Å²) in [6.45, 7) is 0.0116. The third kappa shape index (κ3) is 5.82. The topological polar surface area (TPSA) is 71.3 Å². The largest absolute Gasteiger partial charge is 0.493 e. The lowest BCUT2D eigenvalue weighted by molar-refractivity contribution is -0.112. The molecule has 5 nitrogen and oxygen atoms in total. The average molecular weight is 546 g/mol. The monoisotopic (exact) mass is 546 g/mol. The fourth-order valence-electron chi connectivity index (χ4n) is 2.78. The molecule has 0 atom stereocenters. The van der Waals surface area contributed by atoms with Gasteiger partial charge in [0.2, 0.25) is 0 Å². The van der Waals surface area contributed by atoms with Gasteiger partial charge in [0.15, 0.2) is 11.5 Å². The Morgan fingerprint density at radius 2 is 1.88 bits per heavy atom. The first-order valence-electron chi connectivity index (χ1n) is 9.33. The molecule has 0 saturated carbocycles. The van der Waals surface area contributed by atoms with Gasteiger partial charge < -0.3 is 14.8 Å². The zero-order chi connectivity index (χ0) is 23.1. The Bertz CT molecular complexity index is 1200. The number of methoxy groups -OCH3 is 1. The number of halogens is 3. The van der Waals surface area contributed by atoms with Crippen molar-refractivity contribution in [2.75, 3.05) is 12.4 Å². The molecule has 3 rings (SSSR count). The molecule has 3 aromatic carbocycles. The van der Waals surface area contributed by atoms with Gasteiger partial charge in [0.1, 0.15) is 29.9 Å². The highest BCUT2D eigenvalue weighted by atomic mass is 127. The van der Waals surface area contributed by atoms with Crippen molar-refractivity contribution >= 4 is 40.3 Å². The van der Waals surface area contributed by atoms with Crippen LogP contribution < -0.4 is 14.8 Å². The highest BCUT2D eigenvalue weighted by molar-refractivity contribution is 14.1. The van der Waals surface area contributed by atoms with E-state index in [0.29, 0.717) is 31.9 Å². The molecule has 3 aromatic rings. The number of anilines is 1. The van der Waals surface area contributed by atoms with Crippen LogP contribution in [0.4, 0.5) is 14.5 Å². The van der Waals surface area contributed by atoms with Crippen molar-refractivity contribution in [3.05, 3.63) is 92.6 Å². The van der Waals surface area contributed by atoms with Crippen LogP contribution in [0.2, 0.25) is 0 Å². The number of nitriles is 1. The lowest BCUT2D eigenvalue weighted by Gasteiger charge is -2.14. The van der Waals surface area contributed by atoms with Crippen molar-refractivity contribution in [3.8, 4) is 17.6 Å². The molecular formula is C24H17F2IN2O3. The predicted octanol–water partition coefficient (Wildman–Crippen LogP) is 5.70. The molecule has 0 saturated heterocycles. The lowest BCUT2D eigenvalue weighted by atomic mass is 10.1. The van der Waals surface area contributed by atoms with Crippen molar-refractivity contribution in [1.29, 1.82) is 5.26 Å². The Kier molecular flexibility index (Phi) is 7.78. The summed E-state index contributed by atoms with van der Waals surface area (Å²) in [7, 11) is 1.46. The Morgan fingerprint density at radius 1 is 1.16 bits per heavy atom. The Hall–Kier alpha value is -3.45. The van der Waals surface area contributed by atoms with E-state index in [4.69, 9.17) is 9.47 Å². The molecule has 32 heavy (non-hydrogen) atoms. The summed E-state index contributed by atoms with van der Waals surface area (Å²) in [4.78, 5) is 12.4. The molecule has 1 amide bonds. The van der Waals surface area contributed by atoms with Gasteiger partial charge in [-0.05, 0) is 76.7 Å². The quantitative estimate of drug-likeness (QED) is 0.235. The van der Waals surface area contributed by atoms with E-state index < -0.39 is 11.7 Å². The van der Waals surface area contributed by atoms with Crippen LogP contribution in [-0.4, -0.2) is 13.0 Å². The maximum atomic E-state index is 13.9. The van der Waals surface area contributed by atoms with Gasteiger partial charge in [0, 0.05) is 11.3 Å². The van der Waals surface area contributed by atoms with Crippen molar-refractivity contribution in [3.63, 3.8) is 0 Å². The summed E-state index contributed by atoms with van der Waals surface area (Å²) >= 11 is 2.04. The molecule has 0 unspecified atom stereocenters. The third-order valence-electron chi connectivity index (χ3n) is 4.36. The fraction of sp³-hybridized carbons (Fsp3) is 0.0833. The third-order valence-corrected chi connectivity index (χ3v) is 5.16. The second kappa shape index (κ2) is 10.7. The summed E-state index contributed by atoms with van der Waals surface area (Å²) in [6, 6.07) is 16.7. The molecule has 0 aromatic heterocycles. The predicted molar refractivity (Wildman–Crippen MR) is 125 cm³/mol. The molecule has 0 fully saturated rings. The van der Waals surface area contributed by atoms with Crippen molar-refractivity contribution < 1.29 is 23.0 Å². The molecule has 0 radical (unpaired) electrons. The molecule has 0 spiro atoms. The van der Waals surface area contributed by atoms with Crippen LogP contribution in [0.15, 0.2) is 66.2 Å². The minimum absolute atomic E-state index is 0.0116. The van der Waals surface area contributed by atoms with Crippen LogP contribution in [0.5, 0.6) is 11.5 Å². The van der Waals surface area contributed by atoms with E-state index in [1.807, 2.05) is 28.7 Å². The molecule has 8 heteroatoms. The summed E-state index contributed by atoms with van der Waals surface area (Å²) in [5.41, 5.74) is 1.16. The normalized spacial score (nSPS) is 10.9. The van der Waals surface area contributed by atoms with Crippen molar-refractivity contribution in [2.45, 2.75) is 6.61 Å². The summed E-state index contributed by atoms with van der Waals surface area (Å²) in [5, 5.41) is 12.0. The van der Waals surface area contributed by atoms with Gasteiger partial charge >= 0.3 is 0 Å². The van der Waals surface area contributed by atoms with Gasteiger partial charge in [-0.15, -0.1) is 0 Å². The number of amides is 1. The second-order valence-corrected chi connectivity index (χ2v) is 7.71. The number of ether oxygens (including phenoxy) is 2. The number of nitrogens with one attached hydrogen (secondary N) is 1. The van der Waals surface area contributed by atoms with Crippen LogP contribution in [0.3, 0.4) is 0 Å². The first-order valence-corrected chi connectivity index (χ1v) is 10.4. The number of benzene rings is 3. The van der Waals surface area contributed by atoms with Crippen LogP contribution in [0.1, 0.15) is 11.1 Å². The standard InChI is InChI=1S/C24H17F2IN2O3/c1-31-22-12-15(10-17(13-28)24(30)29-19-8-6-18(25)7-9-19)11-21(27)23(22)32-14-16-4-2-3-5-20(16)26/h2-12H,14H2,1H3,(H,29,30)/b17-10+. The first-order chi connectivity index (χ1) is 15.4. The average Bonchev–Trinajstić information content (AvgIpc) is 2.78. The SMILES string of the molecule is COc1cc(/C=C(\C#N)C(=O)Nc2ccc(F)cc2)cc(I)c1OCc1ccccc1F. The van der Waals surface area contributed by atoms with E-state index in [2.05, 4.69) is 5.32 Å². The van der Waals surface area contributed by atoms with Gasteiger partial charge in [0.25, 0.3) is 5.91 Å².